The Morgan fingerprint density at radius 1 is 1.24 bits per heavy atom. The van der Waals surface area contributed by atoms with Gasteiger partial charge in [0.05, 0.1) is 43.8 Å². The number of thiophene rings is 1. The molecule has 29 heavy (non-hydrogen) atoms. The molecule has 3 aromatic rings. The molecule has 3 rings (SSSR count). The normalized spacial score (nSPS) is 10.6. The fourth-order valence-corrected chi connectivity index (χ4v) is 3.56. The van der Waals surface area contributed by atoms with Crippen molar-refractivity contribution in [2.75, 3.05) is 26.1 Å². The van der Waals surface area contributed by atoms with Crippen molar-refractivity contribution < 1.29 is 23.8 Å². The van der Waals surface area contributed by atoms with Gasteiger partial charge in [-0.1, -0.05) is 0 Å². The smallest absolute Gasteiger partial charge is 0.339 e. The quantitative estimate of drug-likeness (QED) is 0.588. The van der Waals surface area contributed by atoms with Crippen molar-refractivity contribution >= 4 is 39.1 Å². The van der Waals surface area contributed by atoms with Crippen molar-refractivity contribution in [2.45, 2.75) is 13.5 Å². The minimum Gasteiger partial charge on any atom is -0.497 e. The van der Waals surface area contributed by atoms with Crippen LogP contribution in [0.1, 0.15) is 17.3 Å². The average molecular weight is 417 g/mol. The molecule has 9 nitrogen and oxygen atoms in total. The Morgan fingerprint density at radius 3 is 2.72 bits per heavy atom. The van der Waals surface area contributed by atoms with E-state index in [0.717, 1.165) is 4.57 Å². The third kappa shape index (κ3) is 4.21. The van der Waals surface area contributed by atoms with Crippen LogP contribution < -0.4 is 20.3 Å². The van der Waals surface area contributed by atoms with Gasteiger partial charge >= 0.3 is 5.97 Å². The minimum atomic E-state index is -0.596. The van der Waals surface area contributed by atoms with E-state index in [9.17, 15) is 14.4 Å². The van der Waals surface area contributed by atoms with Gasteiger partial charge in [0.2, 0.25) is 5.91 Å². The molecule has 0 spiro atoms. The van der Waals surface area contributed by atoms with Crippen LogP contribution in [0.2, 0.25) is 0 Å². The molecule has 10 heteroatoms. The van der Waals surface area contributed by atoms with Crippen LogP contribution in [0.25, 0.3) is 10.2 Å². The number of anilines is 1. The fraction of sp³-hybridized carbons (Fsp3) is 0.263. The Balaban J connectivity index is 1.88. The number of rotatable bonds is 7. The number of aromatic nitrogens is 2. The second kappa shape index (κ2) is 8.74. The molecule has 0 saturated carbocycles. The molecule has 0 aliphatic heterocycles. The summed E-state index contributed by atoms with van der Waals surface area (Å²) in [4.78, 5) is 42.0. The zero-order valence-corrected chi connectivity index (χ0v) is 16.9. The Labute approximate surface area is 169 Å². The van der Waals surface area contributed by atoms with Crippen molar-refractivity contribution in [2.24, 2.45) is 0 Å². The number of hydrogen-bond donors (Lipinski definition) is 1. The van der Waals surface area contributed by atoms with Crippen LogP contribution >= 0.6 is 11.3 Å². The van der Waals surface area contributed by atoms with Gasteiger partial charge in [0.1, 0.15) is 22.9 Å². The van der Waals surface area contributed by atoms with Crippen LogP contribution in [-0.4, -0.2) is 42.3 Å². The highest BCUT2D eigenvalue weighted by Crippen LogP contribution is 2.29. The predicted octanol–water partition coefficient (Wildman–Crippen LogP) is 2.29. The molecule has 0 aliphatic carbocycles. The standard InChI is InChI=1S/C19H19N3O6S/c1-4-28-19(25)12-9-29-17-16(12)18(24)22(10-20-17)8-15(23)21-13-7-11(26-2)5-6-14(13)27-3/h5-7,9-10H,4,8H2,1-3H3,(H,21,23). The summed E-state index contributed by atoms with van der Waals surface area (Å²) in [7, 11) is 2.99. The van der Waals surface area contributed by atoms with Gasteiger partial charge in [0, 0.05) is 11.4 Å². The van der Waals surface area contributed by atoms with E-state index in [4.69, 9.17) is 14.2 Å². The van der Waals surface area contributed by atoms with Gasteiger partial charge in [-0.05, 0) is 19.1 Å². The lowest BCUT2D eigenvalue weighted by Gasteiger charge is -2.12. The predicted molar refractivity (Wildman–Crippen MR) is 108 cm³/mol. The van der Waals surface area contributed by atoms with Crippen LogP contribution in [0.3, 0.4) is 0 Å². The number of carbonyl (C=O) groups excluding carboxylic acids is 2. The summed E-state index contributed by atoms with van der Waals surface area (Å²) < 4.78 is 16.5. The highest BCUT2D eigenvalue weighted by atomic mass is 32.1. The highest BCUT2D eigenvalue weighted by molar-refractivity contribution is 7.17. The lowest BCUT2D eigenvalue weighted by atomic mass is 10.2. The maximum absolute atomic E-state index is 12.8. The third-order valence-corrected chi connectivity index (χ3v) is 4.94. The molecule has 1 aromatic carbocycles. The maximum Gasteiger partial charge on any atom is 0.339 e. The number of esters is 1. The Hall–Kier alpha value is -3.40. The summed E-state index contributed by atoms with van der Waals surface area (Å²) in [5.74, 6) is -0.0742. The van der Waals surface area contributed by atoms with E-state index in [2.05, 4.69) is 10.3 Å². The monoisotopic (exact) mass is 417 g/mol. The lowest BCUT2D eigenvalue weighted by Crippen LogP contribution is -2.28. The van der Waals surface area contributed by atoms with E-state index in [1.807, 2.05) is 0 Å². The number of nitrogens with zero attached hydrogens (tertiary/aromatic N) is 2. The molecule has 0 atom stereocenters. The number of fused-ring (bicyclic) bond motifs is 1. The van der Waals surface area contributed by atoms with E-state index in [1.54, 1.807) is 25.1 Å². The van der Waals surface area contributed by atoms with Crippen molar-refractivity contribution in [1.29, 1.82) is 0 Å². The number of nitrogens with one attached hydrogen (secondary N) is 1. The number of amides is 1. The number of hydrogen-bond acceptors (Lipinski definition) is 8. The second-order valence-electron chi connectivity index (χ2n) is 5.84. The van der Waals surface area contributed by atoms with E-state index in [1.165, 1.54) is 37.3 Å². The zero-order valence-electron chi connectivity index (χ0n) is 16.1. The first-order valence-electron chi connectivity index (χ1n) is 8.64. The van der Waals surface area contributed by atoms with Crippen molar-refractivity contribution in [3.8, 4) is 11.5 Å². The molecule has 0 bridgehead atoms. The molecule has 0 aliphatic rings. The van der Waals surface area contributed by atoms with Gasteiger partial charge in [-0.15, -0.1) is 11.3 Å². The number of methoxy groups -OCH3 is 2. The Morgan fingerprint density at radius 2 is 2.03 bits per heavy atom. The topological polar surface area (TPSA) is 109 Å². The molecule has 1 N–H and O–H groups in total. The van der Waals surface area contributed by atoms with Crippen LogP contribution in [0.5, 0.6) is 11.5 Å². The van der Waals surface area contributed by atoms with Gasteiger partial charge in [-0.25, -0.2) is 9.78 Å². The second-order valence-corrected chi connectivity index (χ2v) is 6.70. The summed E-state index contributed by atoms with van der Waals surface area (Å²) in [5.41, 5.74) is 0.0577. The average Bonchev–Trinajstić information content (AvgIpc) is 3.15. The van der Waals surface area contributed by atoms with Gasteiger partial charge in [-0.2, -0.15) is 0 Å². The summed E-state index contributed by atoms with van der Waals surface area (Å²) >= 11 is 1.17. The summed E-state index contributed by atoms with van der Waals surface area (Å²) in [6.07, 6.45) is 1.28. The highest BCUT2D eigenvalue weighted by Gasteiger charge is 2.19. The molecule has 1 amide bonds. The maximum atomic E-state index is 12.8. The summed E-state index contributed by atoms with van der Waals surface area (Å²) in [6, 6.07) is 4.97. The first kappa shape index (κ1) is 20.3. The van der Waals surface area contributed by atoms with E-state index in [0.29, 0.717) is 22.0 Å². The van der Waals surface area contributed by atoms with Gasteiger partial charge < -0.3 is 19.5 Å². The molecule has 2 heterocycles. The van der Waals surface area contributed by atoms with E-state index < -0.39 is 17.4 Å². The van der Waals surface area contributed by atoms with Gasteiger partial charge in [0.15, 0.2) is 0 Å². The Bertz CT molecular complexity index is 1120. The van der Waals surface area contributed by atoms with E-state index in [-0.39, 0.29) is 24.1 Å². The zero-order chi connectivity index (χ0) is 21.0. The molecule has 2 aromatic heterocycles. The first-order valence-corrected chi connectivity index (χ1v) is 9.52. The van der Waals surface area contributed by atoms with Gasteiger partial charge in [-0.3, -0.25) is 14.2 Å². The van der Waals surface area contributed by atoms with Crippen molar-refractivity contribution in [1.82, 2.24) is 9.55 Å². The third-order valence-electron chi connectivity index (χ3n) is 4.05. The number of ether oxygens (including phenoxy) is 3. The molecular formula is C19H19N3O6S. The van der Waals surface area contributed by atoms with Crippen LogP contribution in [0.4, 0.5) is 5.69 Å². The molecule has 0 saturated heterocycles. The van der Waals surface area contributed by atoms with Gasteiger partial charge in [0.25, 0.3) is 5.56 Å². The molecule has 0 radical (unpaired) electrons. The molecule has 152 valence electrons. The lowest BCUT2D eigenvalue weighted by molar-refractivity contribution is -0.116. The van der Waals surface area contributed by atoms with Crippen LogP contribution in [-0.2, 0) is 16.1 Å². The first-order chi connectivity index (χ1) is 14.0. The van der Waals surface area contributed by atoms with Crippen molar-refractivity contribution in [3.63, 3.8) is 0 Å². The fourth-order valence-electron chi connectivity index (χ4n) is 2.70. The molecule has 0 unspecified atom stereocenters. The summed E-state index contributed by atoms with van der Waals surface area (Å²) in [6.45, 7) is 1.58. The molecule has 0 fully saturated rings. The SMILES string of the molecule is CCOC(=O)c1csc2ncn(CC(=O)Nc3cc(OC)ccc3OC)c(=O)c12. The summed E-state index contributed by atoms with van der Waals surface area (Å²) in [5, 5.41) is 4.36. The number of benzene rings is 1. The molecular weight excluding hydrogens is 398 g/mol. The van der Waals surface area contributed by atoms with Crippen molar-refractivity contribution in [3.05, 3.63) is 45.8 Å². The largest absolute Gasteiger partial charge is 0.497 e. The van der Waals surface area contributed by atoms with Crippen LogP contribution in [0.15, 0.2) is 34.7 Å². The van der Waals surface area contributed by atoms with E-state index >= 15 is 0 Å². The number of carbonyl (C=O) groups is 2. The van der Waals surface area contributed by atoms with Crippen LogP contribution in [0, 0.1) is 0 Å². The Kier molecular flexibility index (Phi) is 6.13. The minimum absolute atomic E-state index is 0.141.